The van der Waals surface area contributed by atoms with Crippen molar-refractivity contribution in [1.29, 1.82) is 0 Å². The van der Waals surface area contributed by atoms with E-state index in [-0.39, 0.29) is 17.5 Å². The normalized spacial score (nSPS) is 20.0. The fourth-order valence-corrected chi connectivity index (χ4v) is 6.74. The van der Waals surface area contributed by atoms with Gasteiger partial charge in [-0.1, -0.05) is 64.8 Å². The Bertz CT molecular complexity index is 1450. The highest BCUT2D eigenvalue weighted by atomic mass is 16.5. The average Bonchev–Trinajstić information content (AvgIpc) is 3.09. The molecule has 1 saturated heterocycles. The van der Waals surface area contributed by atoms with Gasteiger partial charge in [-0.25, -0.2) is 9.59 Å². The summed E-state index contributed by atoms with van der Waals surface area (Å²) >= 11 is 0. The third kappa shape index (κ3) is 10.4. The van der Waals surface area contributed by atoms with Gasteiger partial charge in [-0.15, -0.1) is 0 Å². The van der Waals surface area contributed by atoms with E-state index >= 15 is 0 Å². The molecule has 1 aliphatic heterocycles. The van der Waals surface area contributed by atoms with Gasteiger partial charge in [-0.2, -0.15) is 0 Å². The van der Waals surface area contributed by atoms with Crippen LogP contribution in [0.15, 0.2) is 72.8 Å². The molecule has 0 spiro atoms. The molecule has 49 heavy (non-hydrogen) atoms. The van der Waals surface area contributed by atoms with Crippen molar-refractivity contribution < 1.29 is 33.3 Å². The van der Waals surface area contributed by atoms with Gasteiger partial charge < -0.3 is 23.7 Å². The number of carbonyl (C=O) groups excluding carboxylic acids is 2. The molecule has 1 heterocycles. The lowest BCUT2D eigenvalue weighted by molar-refractivity contribution is -0.150. The molecular weight excluding hydrogens is 616 g/mol. The minimum absolute atomic E-state index is 0.0711. The molecule has 264 valence electrons. The van der Waals surface area contributed by atoms with Crippen molar-refractivity contribution in [2.24, 2.45) is 23.2 Å². The summed E-state index contributed by atoms with van der Waals surface area (Å²) < 4.78 is 28.8. The number of carbonyl (C=O) groups is 2. The summed E-state index contributed by atoms with van der Waals surface area (Å²) in [6.07, 6.45) is 8.56. The fraction of sp³-hybridized carbons (Fsp3) is 0.524. The van der Waals surface area contributed by atoms with Crippen LogP contribution in [0.25, 0.3) is 11.1 Å². The van der Waals surface area contributed by atoms with Crippen LogP contribution in [-0.4, -0.2) is 51.1 Å². The molecule has 1 saturated carbocycles. The molecule has 0 aromatic heterocycles. The summed E-state index contributed by atoms with van der Waals surface area (Å²) in [6, 6.07) is 22.0. The molecule has 0 bridgehead atoms. The van der Waals surface area contributed by atoms with Gasteiger partial charge in [-0.3, -0.25) is 0 Å². The Labute approximate surface area is 292 Å². The number of esters is 2. The van der Waals surface area contributed by atoms with Gasteiger partial charge >= 0.3 is 11.9 Å². The first-order valence-electron chi connectivity index (χ1n) is 18.3. The zero-order valence-corrected chi connectivity index (χ0v) is 29.8. The molecule has 2 aliphatic rings. The monoisotopic (exact) mass is 670 g/mol. The Balaban J connectivity index is 1.01. The van der Waals surface area contributed by atoms with E-state index in [2.05, 4.69) is 27.7 Å². The molecule has 3 atom stereocenters. The molecular formula is C42H54O7. The minimum Gasteiger partial charge on any atom is -0.494 e. The molecule has 5 rings (SSSR count). The number of hydrogen-bond acceptors (Lipinski definition) is 7. The summed E-state index contributed by atoms with van der Waals surface area (Å²) in [6.45, 7) is 12.8. The van der Waals surface area contributed by atoms with E-state index < -0.39 is 5.97 Å². The lowest BCUT2D eigenvalue weighted by atomic mass is 9.75. The van der Waals surface area contributed by atoms with Crippen LogP contribution < -0.4 is 9.47 Å². The summed E-state index contributed by atoms with van der Waals surface area (Å²) in [5.74, 6) is 1.88. The predicted molar refractivity (Wildman–Crippen MR) is 192 cm³/mol. The Morgan fingerprint density at radius 3 is 1.94 bits per heavy atom. The Hall–Kier alpha value is -3.68. The van der Waals surface area contributed by atoms with Crippen molar-refractivity contribution >= 4 is 11.9 Å². The van der Waals surface area contributed by atoms with Gasteiger partial charge in [-0.05, 0) is 116 Å². The summed E-state index contributed by atoms with van der Waals surface area (Å²) in [5.41, 5.74) is 3.14. The predicted octanol–water partition coefficient (Wildman–Crippen LogP) is 9.57. The molecule has 3 unspecified atom stereocenters. The van der Waals surface area contributed by atoms with E-state index in [1.54, 1.807) is 36.4 Å². The molecule has 3 aromatic carbocycles. The van der Waals surface area contributed by atoms with E-state index in [1.165, 1.54) is 6.42 Å². The van der Waals surface area contributed by atoms with Crippen LogP contribution in [0.1, 0.15) is 99.8 Å². The standard InChI is InChI=1S/C42H54O7/c1-5-42(28-46-29-42)27-45-24-8-6-7-9-25-47-36-19-15-32(16-20-36)33-17-21-37(22-18-33)48-40(43)34-11-13-35(14-12-34)41(44)49-39-26-31(4)10-23-38(39)30(2)3/h11-22,30-31,38-39H,5-10,23-29H2,1-4H3. The SMILES string of the molecule is CCC1(COCCCCCCOc2ccc(-c3ccc(OC(=O)c4ccc(C(=O)OC5CC(C)CCC5C(C)C)cc4)cc3)cc2)COC1. The number of rotatable bonds is 17. The second kappa shape index (κ2) is 17.8. The third-order valence-electron chi connectivity index (χ3n) is 10.3. The van der Waals surface area contributed by atoms with Crippen LogP contribution in [0, 0.1) is 23.2 Å². The molecule has 1 aliphatic carbocycles. The highest BCUT2D eigenvalue weighted by molar-refractivity contribution is 5.94. The van der Waals surface area contributed by atoms with Crippen molar-refractivity contribution in [2.45, 2.75) is 85.2 Å². The minimum atomic E-state index is -0.479. The zero-order chi connectivity index (χ0) is 34.6. The van der Waals surface area contributed by atoms with E-state index in [1.807, 2.05) is 36.4 Å². The quantitative estimate of drug-likeness (QED) is 0.0804. The second-order valence-electron chi connectivity index (χ2n) is 14.4. The lowest BCUT2D eigenvalue weighted by Crippen LogP contribution is -2.45. The van der Waals surface area contributed by atoms with Gasteiger partial charge in [0, 0.05) is 12.0 Å². The molecule has 0 N–H and O–H groups in total. The maximum atomic E-state index is 12.9. The van der Waals surface area contributed by atoms with Crippen LogP contribution in [-0.2, 0) is 14.2 Å². The summed E-state index contributed by atoms with van der Waals surface area (Å²) in [4.78, 5) is 25.8. The van der Waals surface area contributed by atoms with Crippen LogP contribution >= 0.6 is 0 Å². The van der Waals surface area contributed by atoms with E-state index in [0.29, 0.717) is 41.2 Å². The van der Waals surface area contributed by atoms with Gasteiger partial charge in [0.2, 0.25) is 0 Å². The molecule has 3 aromatic rings. The smallest absolute Gasteiger partial charge is 0.343 e. The maximum absolute atomic E-state index is 12.9. The molecule has 7 heteroatoms. The second-order valence-corrected chi connectivity index (χ2v) is 14.4. The first-order chi connectivity index (χ1) is 23.7. The van der Waals surface area contributed by atoms with Crippen molar-refractivity contribution in [3.05, 3.63) is 83.9 Å². The number of ether oxygens (including phenoxy) is 5. The summed E-state index contributed by atoms with van der Waals surface area (Å²) in [7, 11) is 0. The Morgan fingerprint density at radius 2 is 1.37 bits per heavy atom. The van der Waals surface area contributed by atoms with Crippen LogP contribution in [0.5, 0.6) is 11.5 Å². The fourth-order valence-electron chi connectivity index (χ4n) is 6.74. The summed E-state index contributed by atoms with van der Waals surface area (Å²) in [5, 5.41) is 0. The van der Waals surface area contributed by atoms with Gasteiger partial charge in [0.05, 0.1) is 37.6 Å². The van der Waals surface area contributed by atoms with Gasteiger partial charge in [0.15, 0.2) is 0 Å². The average molecular weight is 671 g/mol. The van der Waals surface area contributed by atoms with E-state index in [4.69, 9.17) is 23.7 Å². The van der Waals surface area contributed by atoms with Crippen LogP contribution in [0.3, 0.4) is 0 Å². The molecule has 2 fully saturated rings. The highest BCUT2D eigenvalue weighted by Gasteiger charge is 2.37. The highest BCUT2D eigenvalue weighted by Crippen LogP contribution is 2.36. The Morgan fingerprint density at radius 1 is 0.776 bits per heavy atom. The number of benzene rings is 3. The first-order valence-corrected chi connectivity index (χ1v) is 18.3. The molecule has 0 radical (unpaired) electrons. The number of unbranched alkanes of at least 4 members (excludes halogenated alkanes) is 3. The van der Waals surface area contributed by atoms with Gasteiger partial charge in [0.25, 0.3) is 0 Å². The van der Waals surface area contributed by atoms with E-state index in [0.717, 1.165) is 88.2 Å². The lowest BCUT2D eigenvalue weighted by Gasteiger charge is -2.40. The maximum Gasteiger partial charge on any atom is 0.343 e. The van der Waals surface area contributed by atoms with Crippen molar-refractivity contribution in [2.75, 3.05) is 33.0 Å². The molecule has 7 nitrogen and oxygen atoms in total. The van der Waals surface area contributed by atoms with Crippen molar-refractivity contribution in [3.63, 3.8) is 0 Å². The largest absolute Gasteiger partial charge is 0.494 e. The molecule has 0 amide bonds. The Kier molecular flexibility index (Phi) is 13.3. The van der Waals surface area contributed by atoms with Crippen molar-refractivity contribution in [1.82, 2.24) is 0 Å². The third-order valence-corrected chi connectivity index (χ3v) is 10.3. The number of hydrogen-bond donors (Lipinski definition) is 0. The van der Waals surface area contributed by atoms with Gasteiger partial charge in [0.1, 0.15) is 17.6 Å². The van der Waals surface area contributed by atoms with Crippen molar-refractivity contribution in [3.8, 4) is 22.6 Å². The first kappa shape index (κ1) is 36.6. The van der Waals surface area contributed by atoms with Crippen LogP contribution in [0.4, 0.5) is 0 Å². The van der Waals surface area contributed by atoms with E-state index in [9.17, 15) is 9.59 Å². The topological polar surface area (TPSA) is 80.3 Å². The van der Waals surface area contributed by atoms with Crippen LogP contribution in [0.2, 0.25) is 0 Å². The zero-order valence-electron chi connectivity index (χ0n) is 29.8.